The third-order valence-corrected chi connectivity index (χ3v) is 5.27. The van der Waals surface area contributed by atoms with Crippen LogP contribution in [-0.4, -0.2) is 62.3 Å². The van der Waals surface area contributed by atoms with Gasteiger partial charge in [0.05, 0.1) is 12.7 Å². The molecule has 6 heteroatoms. The third kappa shape index (κ3) is 10.1. The Hall–Kier alpha value is -0.860. The van der Waals surface area contributed by atoms with E-state index in [4.69, 9.17) is 9.73 Å². The lowest BCUT2D eigenvalue weighted by molar-refractivity contribution is 0.0532. The molecule has 1 atom stereocenters. The monoisotopic (exact) mass is 516 g/mol. The predicted octanol–water partition coefficient (Wildman–Crippen LogP) is 4.16. The van der Waals surface area contributed by atoms with Gasteiger partial charge >= 0.3 is 0 Å². The van der Waals surface area contributed by atoms with Gasteiger partial charge in [-0.2, -0.15) is 0 Å². The van der Waals surface area contributed by atoms with Gasteiger partial charge in [0.2, 0.25) is 0 Å². The number of guanidine groups is 1. The van der Waals surface area contributed by atoms with Crippen molar-refractivity contribution in [1.29, 1.82) is 0 Å². The largest absolute Gasteiger partial charge is 0.377 e. The summed E-state index contributed by atoms with van der Waals surface area (Å²) in [7, 11) is 0. The zero-order valence-electron chi connectivity index (χ0n) is 18.9. The van der Waals surface area contributed by atoms with Gasteiger partial charge in [0.15, 0.2) is 5.96 Å². The van der Waals surface area contributed by atoms with Crippen molar-refractivity contribution in [2.75, 3.05) is 39.3 Å². The standard InChI is InChI=1S/C23H40N4O.HI/c1-6-24-23(25-17-20(5)21-9-7-8-19(4)16-21)26-22-10-12-27(13-11-22)14-15-28-18(2)3;/h7-9,16,18,20,22H,6,10-15,17H2,1-5H3,(H2,24,25,26);1H. The van der Waals surface area contributed by atoms with Crippen molar-refractivity contribution in [2.24, 2.45) is 4.99 Å². The molecule has 0 radical (unpaired) electrons. The van der Waals surface area contributed by atoms with Gasteiger partial charge in [-0.15, -0.1) is 24.0 Å². The van der Waals surface area contributed by atoms with E-state index in [9.17, 15) is 0 Å². The molecule has 0 aromatic heterocycles. The first-order chi connectivity index (χ1) is 13.5. The summed E-state index contributed by atoms with van der Waals surface area (Å²) in [6.45, 7) is 16.5. The molecule has 0 spiro atoms. The zero-order chi connectivity index (χ0) is 20.4. The van der Waals surface area contributed by atoms with Crippen LogP contribution in [0.4, 0.5) is 0 Å². The molecule has 1 heterocycles. The average Bonchev–Trinajstić information content (AvgIpc) is 2.67. The molecule has 1 aliphatic heterocycles. The molecule has 1 saturated heterocycles. The van der Waals surface area contributed by atoms with Crippen LogP contribution in [0.3, 0.4) is 0 Å². The minimum Gasteiger partial charge on any atom is -0.377 e. The number of ether oxygens (including phenoxy) is 1. The van der Waals surface area contributed by atoms with E-state index >= 15 is 0 Å². The summed E-state index contributed by atoms with van der Waals surface area (Å²) in [5.74, 6) is 1.36. The number of hydrogen-bond acceptors (Lipinski definition) is 3. The number of hydrogen-bond donors (Lipinski definition) is 2. The molecule has 0 bridgehead atoms. The zero-order valence-corrected chi connectivity index (χ0v) is 21.2. The van der Waals surface area contributed by atoms with Gasteiger partial charge in [-0.3, -0.25) is 4.99 Å². The minimum absolute atomic E-state index is 0. The lowest BCUT2D eigenvalue weighted by Crippen LogP contribution is -2.49. The van der Waals surface area contributed by atoms with E-state index in [2.05, 4.69) is 74.4 Å². The van der Waals surface area contributed by atoms with Crippen molar-refractivity contribution in [1.82, 2.24) is 15.5 Å². The third-order valence-electron chi connectivity index (χ3n) is 5.27. The summed E-state index contributed by atoms with van der Waals surface area (Å²) in [4.78, 5) is 7.37. The molecule has 0 amide bonds. The van der Waals surface area contributed by atoms with Gasteiger partial charge in [0, 0.05) is 44.7 Å². The van der Waals surface area contributed by atoms with Crippen LogP contribution in [0.25, 0.3) is 0 Å². The summed E-state index contributed by atoms with van der Waals surface area (Å²) in [6.07, 6.45) is 2.62. The maximum atomic E-state index is 5.68. The average molecular weight is 517 g/mol. The molecule has 5 nitrogen and oxygen atoms in total. The Morgan fingerprint density at radius 1 is 1.24 bits per heavy atom. The number of nitrogens with zero attached hydrogens (tertiary/aromatic N) is 2. The fraction of sp³-hybridized carbons (Fsp3) is 0.696. The Labute approximate surface area is 195 Å². The molecule has 1 unspecified atom stereocenters. The maximum absolute atomic E-state index is 5.68. The van der Waals surface area contributed by atoms with Crippen LogP contribution in [0, 0.1) is 6.92 Å². The Balaban J connectivity index is 0.00000420. The summed E-state index contributed by atoms with van der Waals surface area (Å²) >= 11 is 0. The van der Waals surface area contributed by atoms with E-state index in [1.807, 2.05) is 0 Å². The Morgan fingerprint density at radius 3 is 2.59 bits per heavy atom. The second-order valence-electron chi connectivity index (χ2n) is 8.21. The van der Waals surface area contributed by atoms with Crippen LogP contribution in [0.1, 0.15) is 57.6 Å². The topological polar surface area (TPSA) is 48.9 Å². The van der Waals surface area contributed by atoms with Gasteiger partial charge in [-0.25, -0.2) is 0 Å². The highest BCUT2D eigenvalue weighted by molar-refractivity contribution is 14.0. The molecule has 0 saturated carbocycles. The van der Waals surface area contributed by atoms with Gasteiger partial charge < -0.3 is 20.3 Å². The van der Waals surface area contributed by atoms with Gasteiger partial charge in [-0.05, 0) is 46.1 Å². The molecule has 2 rings (SSSR count). The molecule has 29 heavy (non-hydrogen) atoms. The molecule has 166 valence electrons. The highest BCUT2D eigenvalue weighted by Crippen LogP contribution is 2.17. The van der Waals surface area contributed by atoms with Crippen molar-refractivity contribution in [3.8, 4) is 0 Å². The van der Waals surface area contributed by atoms with Crippen molar-refractivity contribution < 1.29 is 4.74 Å². The van der Waals surface area contributed by atoms with Crippen molar-refractivity contribution >= 4 is 29.9 Å². The molecular weight excluding hydrogens is 475 g/mol. The van der Waals surface area contributed by atoms with Crippen LogP contribution >= 0.6 is 24.0 Å². The fourth-order valence-corrected chi connectivity index (χ4v) is 3.54. The van der Waals surface area contributed by atoms with Gasteiger partial charge in [-0.1, -0.05) is 36.8 Å². The molecule has 1 aromatic rings. The number of benzene rings is 1. The second-order valence-corrected chi connectivity index (χ2v) is 8.21. The van der Waals surface area contributed by atoms with Crippen LogP contribution in [-0.2, 0) is 4.74 Å². The van der Waals surface area contributed by atoms with Gasteiger partial charge in [0.1, 0.15) is 0 Å². The molecule has 1 aliphatic rings. The number of halogens is 1. The van der Waals surface area contributed by atoms with Crippen LogP contribution in [0.15, 0.2) is 29.3 Å². The number of rotatable bonds is 9. The quantitative estimate of drug-likeness (QED) is 0.294. The molecular formula is C23H41IN4O. The minimum atomic E-state index is 0. The highest BCUT2D eigenvalue weighted by atomic mass is 127. The smallest absolute Gasteiger partial charge is 0.191 e. The van der Waals surface area contributed by atoms with Crippen LogP contribution < -0.4 is 10.6 Å². The van der Waals surface area contributed by atoms with E-state index in [0.29, 0.717) is 18.1 Å². The number of piperidine rings is 1. The SMILES string of the molecule is CCNC(=NCC(C)c1cccc(C)c1)NC1CCN(CCOC(C)C)CC1.I. The predicted molar refractivity (Wildman–Crippen MR) is 135 cm³/mol. The first kappa shape index (κ1) is 26.2. The first-order valence-corrected chi connectivity index (χ1v) is 10.9. The number of likely N-dealkylation sites (tertiary alicyclic amines) is 1. The summed E-state index contributed by atoms with van der Waals surface area (Å²) < 4.78 is 5.68. The second kappa shape index (κ2) is 14.2. The number of aryl methyl sites for hydroxylation is 1. The lowest BCUT2D eigenvalue weighted by atomic mass is 10.00. The number of aliphatic imine (C=N–C) groups is 1. The van der Waals surface area contributed by atoms with E-state index in [1.165, 1.54) is 11.1 Å². The molecule has 2 N–H and O–H groups in total. The molecule has 1 fully saturated rings. The maximum Gasteiger partial charge on any atom is 0.191 e. The normalized spacial score (nSPS) is 17.1. The highest BCUT2D eigenvalue weighted by Gasteiger charge is 2.20. The van der Waals surface area contributed by atoms with Crippen LogP contribution in [0.5, 0.6) is 0 Å². The van der Waals surface area contributed by atoms with E-state index < -0.39 is 0 Å². The Morgan fingerprint density at radius 2 is 1.97 bits per heavy atom. The van der Waals surface area contributed by atoms with Crippen LogP contribution in [0.2, 0.25) is 0 Å². The molecule has 0 aliphatic carbocycles. The van der Waals surface area contributed by atoms with E-state index in [-0.39, 0.29) is 24.0 Å². The van der Waals surface area contributed by atoms with Crippen molar-refractivity contribution in [2.45, 2.75) is 65.5 Å². The van der Waals surface area contributed by atoms with Crippen molar-refractivity contribution in [3.05, 3.63) is 35.4 Å². The van der Waals surface area contributed by atoms with E-state index in [0.717, 1.165) is 58.1 Å². The summed E-state index contributed by atoms with van der Waals surface area (Å²) in [5, 5.41) is 7.06. The number of nitrogens with one attached hydrogen (secondary N) is 2. The Kier molecular flexibility index (Phi) is 12.8. The van der Waals surface area contributed by atoms with Gasteiger partial charge in [0.25, 0.3) is 0 Å². The summed E-state index contributed by atoms with van der Waals surface area (Å²) in [6, 6.07) is 9.24. The first-order valence-electron chi connectivity index (χ1n) is 10.9. The lowest BCUT2D eigenvalue weighted by Gasteiger charge is -2.33. The summed E-state index contributed by atoms with van der Waals surface area (Å²) in [5.41, 5.74) is 2.67. The Bertz CT molecular complexity index is 600. The molecule has 1 aromatic carbocycles. The van der Waals surface area contributed by atoms with Crippen molar-refractivity contribution in [3.63, 3.8) is 0 Å². The fourth-order valence-electron chi connectivity index (χ4n) is 3.54. The van der Waals surface area contributed by atoms with E-state index in [1.54, 1.807) is 0 Å².